The van der Waals surface area contributed by atoms with Crippen LogP contribution in [0.3, 0.4) is 0 Å². The van der Waals surface area contributed by atoms with Crippen molar-refractivity contribution in [2.45, 2.75) is 13.3 Å². The van der Waals surface area contributed by atoms with Gasteiger partial charge >= 0.3 is 0 Å². The third-order valence-corrected chi connectivity index (χ3v) is 1.80. The van der Waals surface area contributed by atoms with Crippen molar-refractivity contribution in [3.05, 3.63) is 23.8 Å². The maximum atomic E-state index is 9.31. The van der Waals surface area contributed by atoms with Crippen molar-refractivity contribution in [1.29, 1.82) is 0 Å². The van der Waals surface area contributed by atoms with Gasteiger partial charge in [0.15, 0.2) is 0 Å². The van der Waals surface area contributed by atoms with Crippen molar-refractivity contribution < 1.29 is 20.7 Å². The molecule has 1 aromatic carbocycles. The van der Waals surface area contributed by atoms with E-state index >= 15 is 0 Å². The average molecular weight is 186 g/mol. The van der Waals surface area contributed by atoms with Gasteiger partial charge in [-0.15, -0.1) is 15.6 Å². The third kappa shape index (κ3) is 1.96. The van der Waals surface area contributed by atoms with E-state index in [-0.39, 0.29) is 11.4 Å². The molecule has 0 spiro atoms. The lowest BCUT2D eigenvalue weighted by Crippen LogP contribution is -2.38. The van der Waals surface area contributed by atoms with Crippen molar-refractivity contribution in [3.63, 3.8) is 0 Å². The number of hydrogen-bond acceptors (Lipinski definition) is 4. The number of phenolic OH excluding ortho intramolecular Hbond substituents is 1. The summed E-state index contributed by atoms with van der Waals surface area (Å²) in [5.74, 6) is -0.0698. The third-order valence-electron chi connectivity index (χ3n) is 1.80. The van der Waals surface area contributed by atoms with Gasteiger partial charge in [0.05, 0.1) is 5.56 Å². The second kappa shape index (κ2) is 3.31. The first-order chi connectivity index (χ1) is 5.96. The van der Waals surface area contributed by atoms with Crippen LogP contribution < -0.4 is 4.97 Å². The zero-order valence-corrected chi connectivity index (χ0v) is 7.18. The largest absolute Gasteiger partial charge is 0.507 e. The van der Waals surface area contributed by atoms with Gasteiger partial charge in [-0.05, 0) is 12.5 Å². The van der Waals surface area contributed by atoms with Crippen LogP contribution in [0.2, 0.25) is 0 Å². The van der Waals surface area contributed by atoms with Crippen LogP contribution in [0.25, 0.3) is 0 Å². The summed E-state index contributed by atoms with van der Waals surface area (Å²) in [4.78, 5) is -2.25. The Morgan fingerprint density at radius 1 is 1.23 bits per heavy atom. The first kappa shape index (κ1) is 9.94. The normalized spacial score (nSPS) is 11.7. The Labute approximate surface area is 75.2 Å². The van der Waals surface area contributed by atoms with Gasteiger partial charge in [-0.1, -0.05) is 13.0 Å². The molecule has 0 aliphatic heterocycles. The molecule has 72 valence electrons. The molecule has 0 bridgehead atoms. The predicted molar refractivity (Wildman–Crippen MR) is 44.6 cm³/mol. The van der Waals surface area contributed by atoms with E-state index in [1.54, 1.807) is 6.92 Å². The van der Waals surface area contributed by atoms with E-state index in [1.165, 1.54) is 18.2 Å². The Balaban J connectivity index is 3.29. The van der Waals surface area contributed by atoms with Crippen molar-refractivity contribution in [2.24, 2.45) is 0 Å². The lowest BCUT2D eigenvalue weighted by atomic mass is 10.1. The van der Waals surface area contributed by atoms with E-state index in [2.05, 4.69) is 0 Å². The molecule has 4 N–H and O–H groups in total. The molecule has 0 unspecified atom stereocenters. The van der Waals surface area contributed by atoms with Gasteiger partial charge in [-0.25, -0.2) is 0 Å². The lowest BCUT2D eigenvalue weighted by molar-refractivity contribution is -0.453. The van der Waals surface area contributed by atoms with Gasteiger partial charge in [-0.2, -0.15) is 0 Å². The maximum absolute atomic E-state index is 9.31. The van der Waals surface area contributed by atoms with Crippen LogP contribution in [0, 0.1) is 0 Å². The van der Waals surface area contributed by atoms with Crippen LogP contribution in [0.15, 0.2) is 18.2 Å². The topological polar surface area (TPSA) is 80.9 Å². The number of aromatic hydroxyl groups is 1. The van der Waals surface area contributed by atoms with E-state index in [4.69, 9.17) is 15.6 Å². The van der Waals surface area contributed by atoms with Crippen LogP contribution in [-0.4, -0.2) is 20.7 Å². The molecule has 0 saturated heterocycles. The first-order valence-electron chi connectivity index (χ1n) is 3.85. The number of phenols is 1. The van der Waals surface area contributed by atoms with Crippen LogP contribution in [0.5, 0.6) is 5.75 Å². The van der Waals surface area contributed by atoms with Crippen LogP contribution in [0.4, 0.5) is 5.69 Å². The average Bonchev–Trinajstić information content (AvgIpc) is 2.02. The predicted octanol–water partition coefficient (Wildman–Crippen LogP) is 1.43. The van der Waals surface area contributed by atoms with E-state index in [9.17, 15) is 5.11 Å². The van der Waals surface area contributed by atoms with Crippen LogP contribution in [-0.2, 0) is 6.42 Å². The number of benzene rings is 1. The second-order valence-electron chi connectivity index (χ2n) is 2.70. The fourth-order valence-corrected chi connectivity index (χ4v) is 1.21. The smallest absolute Gasteiger partial charge is 0.243 e. The van der Waals surface area contributed by atoms with Gasteiger partial charge in [0.2, 0.25) is 5.69 Å². The molecule has 0 heterocycles. The minimum atomic E-state index is -2.25. The highest BCUT2D eigenvalue weighted by Crippen LogP contribution is 2.29. The van der Waals surface area contributed by atoms with Gasteiger partial charge in [-0.3, -0.25) is 0 Å². The monoisotopic (exact) mass is 186 g/mol. The molecule has 0 aliphatic rings. The zero-order chi connectivity index (χ0) is 10.1. The number of nitrogens with zero attached hydrogens (tertiary/aromatic N) is 1. The van der Waals surface area contributed by atoms with Gasteiger partial charge < -0.3 is 5.11 Å². The zero-order valence-electron chi connectivity index (χ0n) is 7.18. The summed E-state index contributed by atoms with van der Waals surface area (Å²) in [6.07, 6.45) is 0.393. The molecular formula is C8H12NO4+. The van der Waals surface area contributed by atoms with Crippen molar-refractivity contribution in [2.75, 3.05) is 0 Å². The molecule has 5 nitrogen and oxygen atoms in total. The summed E-state index contributed by atoms with van der Waals surface area (Å²) in [5.41, 5.74) is 0.150. The summed E-state index contributed by atoms with van der Waals surface area (Å²) >= 11 is 0. The summed E-state index contributed by atoms with van der Waals surface area (Å²) < 4.78 is 0. The molecule has 0 radical (unpaired) electrons. The fourth-order valence-electron chi connectivity index (χ4n) is 1.21. The Morgan fingerprint density at radius 3 is 2.23 bits per heavy atom. The molecule has 1 rings (SSSR count). The molecular weight excluding hydrogens is 174 g/mol. The highest BCUT2D eigenvalue weighted by atomic mass is 17.1. The van der Waals surface area contributed by atoms with Gasteiger partial charge in [0.1, 0.15) is 10.7 Å². The molecule has 13 heavy (non-hydrogen) atoms. The van der Waals surface area contributed by atoms with E-state index in [1.807, 2.05) is 0 Å². The minimum Gasteiger partial charge on any atom is -0.507 e. The molecule has 0 saturated carbocycles. The van der Waals surface area contributed by atoms with E-state index in [0.717, 1.165) is 0 Å². The summed E-state index contributed by atoms with van der Waals surface area (Å²) in [7, 11) is 0. The van der Waals surface area contributed by atoms with E-state index in [0.29, 0.717) is 12.0 Å². The standard InChI is InChI=1S/C8H11NO4/c1-2-6-7(9(11,12)13)4-3-5-8(6)10/h3-5,11-13H,2H2,1H3/p+1. The van der Waals surface area contributed by atoms with Crippen molar-refractivity contribution in [3.8, 4) is 5.75 Å². The summed E-state index contributed by atoms with van der Waals surface area (Å²) in [6, 6.07) is 4.15. The Hall–Kier alpha value is -1.14. The molecule has 0 aromatic heterocycles. The van der Waals surface area contributed by atoms with Gasteiger partial charge in [0.25, 0.3) is 0 Å². The number of rotatable bonds is 2. The maximum Gasteiger partial charge on any atom is 0.243 e. The molecule has 0 fully saturated rings. The minimum absolute atomic E-state index is 0.0698. The van der Waals surface area contributed by atoms with Gasteiger partial charge in [0, 0.05) is 6.07 Å². The summed E-state index contributed by atoms with van der Waals surface area (Å²) in [6.45, 7) is 1.73. The van der Waals surface area contributed by atoms with Crippen LogP contribution >= 0.6 is 0 Å². The number of quaternary nitrogens is 1. The Kier molecular flexibility index (Phi) is 2.53. The molecule has 5 heteroatoms. The van der Waals surface area contributed by atoms with Crippen molar-refractivity contribution in [1.82, 2.24) is 4.97 Å². The molecule has 0 amide bonds. The van der Waals surface area contributed by atoms with E-state index < -0.39 is 4.97 Å². The quantitative estimate of drug-likeness (QED) is 0.416. The van der Waals surface area contributed by atoms with Crippen molar-refractivity contribution >= 4 is 5.69 Å². The highest BCUT2D eigenvalue weighted by molar-refractivity contribution is 5.53. The molecule has 0 aliphatic carbocycles. The SMILES string of the molecule is CCc1c(O)cccc1[N+](O)(O)O. The highest BCUT2D eigenvalue weighted by Gasteiger charge is 2.28. The number of hydrogen-bond donors (Lipinski definition) is 4. The second-order valence-corrected chi connectivity index (χ2v) is 2.70. The molecule has 1 aromatic rings. The Morgan fingerprint density at radius 2 is 1.85 bits per heavy atom. The fraction of sp³-hybridized carbons (Fsp3) is 0.250. The molecule has 0 atom stereocenters. The van der Waals surface area contributed by atoms with Crippen LogP contribution in [0.1, 0.15) is 12.5 Å². The Bertz CT molecular complexity index is 306. The summed E-state index contributed by atoms with van der Waals surface area (Å²) in [5, 5.41) is 35.9. The lowest BCUT2D eigenvalue weighted by Gasteiger charge is -2.14. The first-order valence-corrected chi connectivity index (χ1v) is 3.85.